The van der Waals surface area contributed by atoms with Gasteiger partial charge in [-0.3, -0.25) is 4.79 Å². The van der Waals surface area contributed by atoms with Gasteiger partial charge in [-0.15, -0.1) is 0 Å². The van der Waals surface area contributed by atoms with Gasteiger partial charge in [0.15, 0.2) is 0 Å². The van der Waals surface area contributed by atoms with Crippen LogP contribution in [0.15, 0.2) is 47.4 Å². The summed E-state index contributed by atoms with van der Waals surface area (Å²) in [6.45, 7) is 9.28. The lowest BCUT2D eigenvalue weighted by Gasteiger charge is -2.21. The van der Waals surface area contributed by atoms with Crippen LogP contribution in [-0.4, -0.2) is 19.9 Å². The molecule has 2 aromatic carbocycles. The molecule has 0 aliphatic heterocycles. The minimum absolute atomic E-state index is 0.0610. The van der Waals surface area contributed by atoms with Gasteiger partial charge >= 0.3 is 0 Å². The maximum atomic E-state index is 12.7. The summed E-state index contributed by atoms with van der Waals surface area (Å²) in [5.74, 6) is -0.161. The second-order valence-corrected chi connectivity index (χ2v) is 9.75. The van der Waals surface area contributed by atoms with Crippen molar-refractivity contribution in [2.45, 2.75) is 51.0 Å². The van der Waals surface area contributed by atoms with Crippen LogP contribution in [0.1, 0.15) is 56.5 Å². The largest absolute Gasteiger partial charge is 0.322 e. The third kappa shape index (κ3) is 5.54. The van der Waals surface area contributed by atoms with Crippen molar-refractivity contribution >= 4 is 33.2 Å². The lowest BCUT2D eigenvalue weighted by molar-refractivity contribution is 0.102. The van der Waals surface area contributed by atoms with Crippen molar-refractivity contribution in [1.29, 1.82) is 0 Å². The average Bonchev–Trinajstić information content (AvgIpc) is 2.53. The number of hydrogen-bond donors (Lipinski definition) is 2. The zero-order valence-corrected chi connectivity index (χ0v) is 17.7. The molecule has 0 saturated heterocycles. The number of amides is 1. The Bertz CT molecular complexity index is 948. The van der Waals surface area contributed by atoms with E-state index >= 15 is 0 Å². The Morgan fingerprint density at radius 3 is 2.30 bits per heavy atom. The first-order chi connectivity index (χ1) is 12.4. The van der Waals surface area contributed by atoms with Crippen molar-refractivity contribution in [1.82, 2.24) is 4.72 Å². The second-order valence-electron chi connectivity index (χ2n) is 7.70. The molecule has 0 atom stereocenters. The van der Waals surface area contributed by atoms with Gasteiger partial charge in [0, 0.05) is 16.8 Å². The van der Waals surface area contributed by atoms with Crippen molar-refractivity contribution in [3.05, 3.63) is 58.6 Å². The molecule has 2 rings (SSSR count). The van der Waals surface area contributed by atoms with E-state index in [1.807, 2.05) is 38.1 Å². The van der Waals surface area contributed by atoms with E-state index in [1.54, 1.807) is 20.8 Å². The minimum Gasteiger partial charge on any atom is -0.322 e. The van der Waals surface area contributed by atoms with E-state index in [-0.39, 0.29) is 21.4 Å². The maximum Gasteiger partial charge on any atom is 0.255 e. The maximum absolute atomic E-state index is 12.7. The van der Waals surface area contributed by atoms with Gasteiger partial charge in [-0.2, -0.15) is 0 Å². The van der Waals surface area contributed by atoms with Gasteiger partial charge in [-0.25, -0.2) is 13.1 Å². The summed E-state index contributed by atoms with van der Waals surface area (Å²) < 4.78 is 27.8. The van der Waals surface area contributed by atoms with Gasteiger partial charge in [0.2, 0.25) is 10.0 Å². The van der Waals surface area contributed by atoms with E-state index in [4.69, 9.17) is 11.6 Å². The summed E-state index contributed by atoms with van der Waals surface area (Å²) in [5, 5.41) is 2.92. The molecule has 0 heterocycles. The van der Waals surface area contributed by atoms with Crippen LogP contribution in [0.25, 0.3) is 0 Å². The molecule has 0 fully saturated rings. The highest BCUT2D eigenvalue weighted by Gasteiger charge is 2.25. The number of carbonyl (C=O) groups is 1. The predicted octanol–water partition coefficient (Wildman–Crippen LogP) is 4.79. The summed E-state index contributed by atoms with van der Waals surface area (Å²) in [6.07, 6.45) is 0. The van der Waals surface area contributed by atoms with Gasteiger partial charge in [0.05, 0.1) is 5.02 Å². The molecular weight excluding hydrogens is 384 g/mol. The monoisotopic (exact) mass is 408 g/mol. The van der Waals surface area contributed by atoms with E-state index in [1.165, 1.54) is 18.2 Å². The van der Waals surface area contributed by atoms with Crippen LogP contribution in [0.3, 0.4) is 0 Å². The van der Waals surface area contributed by atoms with E-state index in [9.17, 15) is 13.2 Å². The van der Waals surface area contributed by atoms with Crippen LogP contribution in [0.2, 0.25) is 5.02 Å². The fraction of sp³-hybridized carbons (Fsp3) is 0.350. The first kappa shape index (κ1) is 21.4. The molecule has 0 unspecified atom stereocenters. The fourth-order valence-electron chi connectivity index (χ4n) is 2.62. The highest BCUT2D eigenvalue weighted by molar-refractivity contribution is 7.89. The second kappa shape index (κ2) is 8.00. The fourth-order valence-corrected chi connectivity index (χ4v) is 4.56. The first-order valence-corrected chi connectivity index (χ1v) is 10.5. The van der Waals surface area contributed by atoms with Crippen molar-refractivity contribution in [2.24, 2.45) is 0 Å². The number of benzene rings is 2. The minimum atomic E-state index is -3.86. The molecule has 27 heavy (non-hydrogen) atoms. The van der Waals surface area contributed by atoms with Crippen LogP contribution in [0.5, 0.6) is 0 Å². The Kier molecular flexibility index (Phi) is 6.35. The van der Waals surface area contributed by atoms with Gasteiger partial charge in [-0.1, -0.05) is 43.6 Å². The van der Waals surface area contributed by atoms with E-state index in [0.717, 1.165) is 5.56 Å². The van der Waals surface area contributed by atoms with Crippen LogP contribution in [0, 0.1) is 0 Å². The number of carbonyl (C=O) groups excluding carboxylic acids is 1. The number of para-hydroxylation sites is 1. The quantitative estimate of drug-likeness (QED) is 0.746. The molecule has 0 aliphatic carbocycles. The van der Waals surface area contributed by atoms with Gasteiger partial charge < -0.3 is 5.32 Å². The third-order valence-corrected chi connectivity index (χ3v) is 5.99. The Morgan fingerprint density at radius 2 is 1.70 bits per heavy atom. The molecule has 2 N–H and O–H groups in total. The molecular formula is C20H25ClN2O3S. The Balaban J connectivity index is 2.37. The van der Waals surface area contributed by atoms with Gasteiger partial charge in [-0.05, 0) is 56.5 Å². The van der Waals surface area contributed by atoms with Crippen LogP contribution < -0.4 is 10.0 Å². The van der Waals surface area contributed by atoms with Crippen LogP contribution in [0.4, 0.5) is 5.69 Å². The normalized spacial score (nSPS) is 12.3. The SMILES string of the molecule is CC(C)c1ccccc1NC(=O)c1ccc(Cl)c(S(=O)(=O)NC(C)(C)C)c1. The molecule has 0 spiro atoms. The summed E-state index contributed by atoms with van der Waals surface area (Å²) in [6, 6.07) is 11.7. The third-order valence-electron chi connectivity index (χ3n) is 3.75. The van der Waals surface area contributed by atoms with E-state index < -0.39 is 21.5 Å². The van der Waals surface area contributed by atoms with Crippen molar-refractivity contribution in [3.8, 4) is 0 Å². The summed E-state index contributed by atoms with van der Waals surface area (Å²) in [4.78, 5) is 12.6. The molecule has 0 aliphatic rings. The average molecular weight is 409 g/mol. The van der Waals surface area contributed by atoms with E-state index in [2.05, 4.69) is 10.0 Å². The molecule has 0 radical (unpaired) electrons. The highest BCUT2D eigenvalue weighted by atomic mass is 35.5. The standard InChI is InChI=1S/C20H25ClN2O3S/c1-13(2)15-8-6-7-9-17(15)22-19(24)14-10-11-16(21)18(12-14)27(25,26)23-20(3,4)5/h6-13,23H,1-5H3,(H,22,24). The highest BCUT2D eigenvalue weighted by Crippen LogP contribution is 2.26. The lowest BCUT2D eigenvalue weighted by Crippen LogP contribution is -2.40. The summed E-state index contributed by atoms with van der Waals surface area (Å²) >= 11 is 6.09. The smallest absolute Gasteiger partial charge is 0.255 e. The number of nitrogens with one attached hydrogen (secondary N) is 2. The summed E-state index contributed by atoms with van der Waals surface area (Å²) in [5.41, 5.74) is 1.25. The van der Waals surface area contributed by atoms with Crippen molar-refractivity contribution < 1.29 is 13.2 Å². The molecule has 5 nitrogen and oxygen atoms in total. The molecule has 0 saturated carbocycles. The topological polar surface area (TPSA) is 75.3 Å². The van der Waals surface area contributed by atoms with Crippen molar-refractivity contribution in [2.75, 3.05) is 5.32 Å². The van der Waals surface area contributed by atoms with Gasteiger partial charge in [0.1, 0.15) is 4.90 Å². The molecule has 0 bridgehead atoms. The molecule has 146 valence electrons. The Hall–Kier alpha value is -1.89. The first-order valence-electron chi connectivity index (χ1n) is 8.64. The number of sulfonamides is 1. The predicted molar refractivity (Wildman–Crippen MR) is 110 cm³/mol. The molecule has 2 aromatic rings. The van der Waals surface area contributed by atoms with Gasteiger partial charge in [0.25, 0.3) is 5.91 Å². The zero-order chi connectivity index (χ0) is 20.4. The zero-order valence-electron chi connectivity index (χ0n) is 16.1. The Labute approximate surface area is 166 Å². The summed E-state index contributed by atoms with van der Waals surface area (Å²) in [7, 11) is -3.86. The Morgan fingerprint density at radius 1 is 1.07 bits per heavy atom. The van der Waals surface area contributed by atoms with E-state index in [0.29, 0.717) is 5.69 Å². The molecule has 7 heteroatoms. The molecule has 1 amide bonds. The number of rotatable bonds is 5. The lowest BCUT2D eigenvalue weighted by atomic mass is 10.0. The number of halogens is 1. The number of hydrogen-bond acceptors (Lipinski definition) is 3. The molecule has 0 aromatic heterocycles. The number of anilines is 1. The van der Waals surface area contributed by atoms with Crippen LogP contribution >= 0.6 is 11.6 Å². The van der Waals surface area contributed by atoms with Crippen LogP contribution in [-0.2, 0) is 10.0 Å². The van der Waals surface area contributed by atoms with Crippen molar-refractivity contribution in [3.63, 3.8) is 0 Å².